The van der Waals surface area contributed by atoms with Crippen LogP contribution in [0.4, 0.5) is 0 Å². The van der Waals surface area contributed by atoms with Gasteiger partial charge in [0.15, 0.2) is 11.6 Å². The highest BCUT2D eigenvalue weighted by atomic mass is 16.3. The molecule has 0 aliphatic carbocycles. The lowest BCUT2D eigenvalue weighted by Gasteiger charge is -2.11. The number of hydrogen-bond acceptors (Lipinski definition) is 4. The van der Waals surface area contributed by atoms with Gasteiger partial charge in [0.25, 0.3) is 0 Å². The second kappa shape index (κ2) is 10.7. The molecule has 0 saturated heterocycles. The molecule has 0 saturated carbocycles. The van der Waals surface area contributed by atoms with Crippen molar-refractivity contribution in [3.8, 4) is 34.4 Å². The molecule has 0 aliphatic heterocycles. The summed E-state index contributed by atoms with van der Waals surface area (Å²) in [6.07, 6.45) is 0. The lowest BCUT2D eigenvalue weighted by atomic mass is 10.0. The van der Waals surface area contributed by atoms with Gasteiger partial charge in [-0.05, 0) is 42.5 Å². The van der Waals surface area contributed by atoms with Crippen molar-refractivity contribution in [2.75, 3.05) is 0 Å². The highest BCUT2D eigenvalue weighted by Gasteiger charge is 2.25. The van der Waals surface area contributed by atoms with Crippen molar-refractivity contribution in [1.82, 2.24) is 24.1 Å². The number of aromatic nitrogens is 5. The average Bonchev–Trinajstić information content (AvgIpc) is 3.86. The molecule has 0 atom stereocenters. The van der Waals surface area contributed by atoms with E-state index in [2.05, 4.69) is 100 Å². The SMILES string of the molecule is c1ccc(-c2nc(-c3ccccc3)nc(-n3c4ccc5oc6ccccc6c5c4c4c3ccc3c5ccccc5n(-c5ccccc5)c34)n2)cc1. The molecule has 0 fully saturated rings. The van der Waals surface area contributed by atoms with Gasteiger partial charge >= 0.3 is 0 Å². The minimum atomic E-state index is 0.552. The number of rotatable bonds is 4. The summed E-state index contributed by atoms with van der Waals surface area (Å²) in [7, 11) is 0. The van der Waals surface area contributed by atoms with Gasteiger partial charge in [0, 0.05) is 49.1 Å². The summed E-state index contributed by atoms with van der Waals surface area (Å²) in [5.41, 5.74) is 8.91. The van der Waals surface area contributed by atoms with E-state index in [1.54, 1.807) is 0 Å². The fraction of sp³-hybridized carbons (Fsp3) is 0. The van der Waals surface area contributed by atoms with E-state index in [1.807, 2.05) is 72.8 Å². The first-order valence-corrected chi connectivity index (χ1v) is 17.0. The predicted molar refractivity (Wildman–Crippen MR) is 207 cm³/mol. The summed E-state index contributed by atoms with van der Waals surface area (Å²) in [4.78, 5) is 15.4. The zero-order chi connectivity index (χ0) is 33.5. The molecule has 6 heteroatoms. The summed E-state index contributed by atoms with van der Waals surface area (Å²) in [6, 6.07) is 56.5. The zero-order valence-electron chi connectivity index (χ0n) is 27.2. The maximum atomic E-state index is 6.51. The van der Waals surface area contributed by atoms with Gasteiger partial charge in [-0.3, -0.25) is 4.57 Å². The molecule has 11 rings (SSSR count). The number of benzene rings is 7. The second-order valence-electron chi connectivity index (χ2n) is 12.8. The summed E-state index contributed by atoms with van der Waals surface area (Å²) >= 11 is 0. The van der Waals surface area contributed by atoms with Crippen molar-refractivity contribution in [2.45, 2.75) is 0 Å². The van der Waals surface area contributed by atoms with Gasteiger partial charge in [0.2, 0.25) is 5.95 Å². The van der Waals surface area contributed by atoms with Crippen LogP contribution in [0.5, 0.6) is 0 Å². The van der Waals surface area contributed by atoms with Gasteiger partial charge in [-0.25, -0.2) is 4.98 Å². The number of para-hydroxylation sites is 3. The second-order valence-corrected chi connectivity index (χ2v) is 12.8. The van der Waals surface area contributed by atoms with Crippen LogP contribution < -0.4 is 0 Å². The van der Waals surface area contributed by atoms with Gasteiger partial charge in [-0.1, -0.05) is 121 Å². The molecule has 0 amide bonds. The van der Waals surface area contributed by atoms with Gasteiger partial charge < -0.3 is 8.98 Å². The molecular formula is C45H27N5O. The Labute approximate surface area is 291 Å². The number of hydrogen-bond donors (Lipinski definition) is 0. The summed E-state index contributed by atoms with van der Waals surface area (Å²) in [6.45, 7) is 0. The summed E-state index contributed by atoms with van der Waals surface area (Å²) < 4.78 is 11.1. The first kappa shape index (κ1) is 27.9. The van der Waals surface area contributed by atoms with E-state index in [0.29, 0.717) is 17.6 Å². The predicted octanol–water partition coefficient (Wildman–Crippen LogP) is 11.3. The smallest absolute Gasteiger partial charge is 0.238 e. The monoisotopic (exact) mass is 653 g/mol. The Balaban J connectivity index is 1.37. The molecule has 4 heterocycles. The molecule has 51 heavy (non-hydrogen) atoms. The lowest BCUT2D eigenvalue weighted by molar-refractivity contribution is 0.669. The van der Waals surface area contributed by atoms with Crippen LogP contribution in [0, 0.1) is 0 Å². The van der Waals surface area contributed by atoms with Crippen molar-refractivity contribution in [2.24, 2.45) is 0 Å². The Morgan fingerprint density at radius 3 is 1.69 bits per heavy atom. The third-order valence-electron chi connectivity index (χ3n) is 9.97. The van der Waals surface area contributed by atoms with Crippen LogP contribution in [0.3, 0.4) is 0 Å². The summed E-state index contributed by atoms with van der Waals surface area (Å²) in [5.74, 6) is 1.78. The van der Waals surface area contributed by atoms with E-state index in [-0.39, 0.29) is 0 Å². The van der Waals surface area contributed by atoms with Crippen molar-refractivity contribution < 1.29 is 4.42 Å². The van der Waals surface area contributed by atoms with E-state index in [9.17, 15) is 0 Å². The van der Waals surface area contributed by atoms with Crippen LogP contribution in [0.15, 0.2) is 168 Å². The molecule has 0 bridgehead atoms. The third kappa shape index (κ3) is 4.07. The minimum Gasteiger partial charge on any atom is -0.456 e. The van der Waals surface area contributed by atoms with E-state index in [1.165, 1.54) is 10.8 Å². The molecule has 0 N–H and O–H groups in total. The van der Waals surface area contributed by atoms with Crippen LogP contribution in [-0.4, -0.2) is 24.1 Å². The van der Waals surface area contributed by atoms with Crippen molar-refractivity contribution in [3.05, 3.63) is 164 Å². The molecule has 0 unspecified atom stereocenters. The minimum absolute atomic E-state index is 0.552. The standard InChI is InChI=1S/C45H27N5O/c1-4-14-28(15-5-1)43-46-44(29-16-6-2-7-17-29)48-45(47-43)50-35-26-27-38-39(33-21-11-13-23-37(33)51-38)40(35)41-36(50)25-24-32-31-20-10-12-22-34(31)49(42(32)41)30-18-8-3-9-19-30/h1-27H. The maximum absolute atomic E-state index is 6.51. The molecule has 238 valence electrons. The van der Waals surface area contributed by atoms with E-state index in [4.69, 9.17) is 19.4 Å². The first-order chi connectivity index (χ1) is 25.3. The first-order valence-electron chi connectivity index (χ1n) is 17.0. The van der Waals surface area contributed by atoms with Crippen LogP contribution in [0.2, 0.25) is 0 Å². The van der Waals surface area contributed by atoms with Crippen LogP contribution in [0.25, 0.3) is 100.0 Å². The Hall–Kier alpha value is -7.05. The van der Waals surface area contributed by atoms with Crippen molar-refractivity contribution in [1.29, 1.82) is 0 Å². The quantitative estimate of drug-likeness (QED) is 0.190. The topological polar surface area (TPSA) is 61.7 Å². The van der Waals surface area contributed by atoms with Gasteiger partial charge in [0.05, 0.1) is 22.1 Å². The molecule has 11 aromatic rings. The molecule has 7 aromatic carbocycles. The number of furan rings is 1. The Morgan fingerprint density at radius 2 is 0.961 bits per heavy atom. The molecule has 0 radical (unpaired) electrons. The summed E-state index contributed by atoms with van der Waals surface area (Å²) in [5, 5.41) is 6.73. The molecular weight excluding hydrogens is 627 g/mol. The fourth-order valence-corrected chi connectivity index (χ4v) is 7.81. The average molecular weight is 654 g/mol. The third-order valence-corrected chi connectivity index (χ3v) is 9.97. The lowest BCUT2D eigenvalue weighted by Crippen LogP contribution is -2.06. The van der Waals surface area contributed by atoms with Crippen molar-refractivity contribution in [3.63, 3.8) is 0 Å². The molecule has 0 spiro atoms. The Kier molecular flexibility index (Phi) is 5.86. The molecule has 0 aliphatic rings. The zero-order valence-corrected chi connectivity index (χ0v) is 27.2. The van der Waals surface area contributed by atoms with E-state index < -0.39 is 0 Å². The molecule has 6 nitrogen and oxygen atoms in total. The van der Waals surface area contributed by atoms with E-state index >= 15 is 0 Å². The van der Waals surface area contributed by atoms with Gasteiger partial charge in [-0.2, -0.15) is 9.97 Å². The maximum Gasteiger partial charge on any atom is 0.238 e. The van der Waals surface area contributed by atoms with Crippen LogP contribution >= 0.6 is 0 Å². The number of fused-ring (bicyclic) bond motifs is 11. The van der Waals surface area contributed by atoms with Crippen molar-refractivity contribution >= 4 is 65.6 Å². The largest absolute Gasteiger partial charge is 0.456 e. The molecule has 4 aromatic heterocycles. The van der Waals surface area contributed by atoms with E-state index in [0.717, 1.165) is 71.6 Å². The Bertz CT molecular complexity index is 3060. The highest BCUT2D eigenvalue weighted by molar-refractivity contribution is 6.34. The van der Waals surface area contributed by atoms with Crippen LogP contribution in [-0.2, 0) is 0 Å². The fourth-order valence-electron chi connectivity index (χ4n) is 7.81. The van der Waals surface area contributed by atoms with Gasteiger partial charge in [0.1, 0.15) is 11.2 Å². The Morgan fingerprint density at radius 1 is 0.373 bits per heavy atom. The number of nitrogens with zero attached hydrogens (tertiary/aromatic N) is 5. The normalized spacial score (nSPS) is 11.9. The van der Waals surface area contributed by atoms with Gasteiger partial charge in [-0.15, -0.1) is 0 Å². The van der Waals surface area contributed by atoms with Crippen LogP contribution in [0.1, 0.15) is 0 Å². The highest BCUT2D eigenvalue weighted by Crippen LogP contribution is 2.46.